The second-order valence-corrected chi connectivity index (χ2v) is 4.47. The van der Waals surface area contributed by atoms with Crippen molar-refractivity contribution in [3.05, 3.63) is 64.1 Å². The van der Waals surface area contributed by atoms with Crippen LogP contribution in [0.15, 0.2) is 47.1 Å². The van der Waals surface area contributed by atoms with Gasteiger partial charge in [-0.3, -0.25) is 10.1 Å². The van der Waals surface area contributed by atoms with E-state index in [1.807, 2.05) is 26.0 Å². The Morgan fingerprint density at radius 2 is 1.84 bits per heavy atom. The second-order valence-electron chi connectivity index (χ2n) is 4.47. The average Bonchev–Trinajstić information content (AvgIpc) is 2.92. The molecule has 0 spiro atoms. The third-order valence-electron chi connectivity index (χ3n) is 3.07. The van der Waals surface area contributed by atoms with E-state index in [9.17, 15) is 10.1 Å². The van der Waals surface area contributed by atoms with Gasteiger partial charge in [0.1, 0.15) is 5.76 Å². The van der Waals surface area contributed by atoms with Gasteiger partial charge in [-0.05, 0) is 31.5 Å². The van der Waals surface area contributed by atoms with Crippen molar-refractivity contribution < 1.29 is 9.34 Å². The standard InChI is InChI=1S/C14H16N2O3/c1-10(15-11(2)14-4-3-9-19-14)12-5-7-13(8-6-12)16(17)18/h3-11,15H,1-2H3/t10?,11-/m0/s1. The Hall–Kier alpha value is -2.14. The van der Waals surface area contributed by atoms with Gasteiger partial charge in [0.05, 0.1) is 17.2 Å². The van der Waals surface area contributed by atoms with E-state index in [1.54, 1.807) is 18.4 Å². The molecule has 2 aromatic rings. The lowest BCUT2D eigenvalue weighted by Crippen LogP contribution is -2.22. The maximum absolute atomic E-state index is 10.6. The fraction of sp³-hybridized carbons (Fsp3) is 0.286. The van der Waals surface area contributed by atoms with Gasteiger partial charge in [0.2, 0.25) is 0 Å². The van der Waals surface area contributed by atoms with E-state index in [2.05, 4.69) is 5.32 Å². The maximum Gasteiger partial charge on any atom is 0.269 e. The predicted molar refractivity (Wildman–Crippen MR) is 71.8 cm³/mol. The zero-order valence-corrected chi connectivity index (χ0v) is 10.9. The number of furan rings is 1. The molecule has 0 aliphatic carbocycles. The largest absolute Gasteiger partial charge is 0.468 e. The lowest BCUT2D eigenvalue weighted by atomic mass is 10.1. The molecule has 0 radical (unpaired) electrons. The molecular formula is C14H16N2O3. The first kappa shape index (κ1) is 13.3. The number of benzene rings is 1. The molecular weight excluding hydrogens is 244 g/mol. The minimum absolute atomic E-state index is 0.0835. The van der Waals surface area contributed by atoms with Crippen molar-refractivity contribution in [2.24, 2.45) is 0 Å². The third kappa shape index (κ3) is 3.20. The van der Waals surface area contributed by atoms with Crippen molar-refractivity contribution >= 4 is 5.69 Å². The molecule has 0 fully saturated rings. The number of hydrogen-bond donors (Lipinski definition) is 1. The summed E-state index contributed by atoms with van der Waals surface area (Å²) < 4.78 is 5.33. The van der Waals surface area contributed by atoms with Crippen LogP contribution in [0.2, 0.25) is 0 Å². The van der Waals surface area contributed by atoms with Crippen LogP contribution in [-0.2, 0) is 0 Å². The van der Waals surface area contributed by atoms with E-state index < -0.39 is 4.92 Å². The third-order valence-corrected chi connectivity index (χ3v) is 3.07. The summed E-state index contributed by atoms with van der Waals surface area (Å²) in [6.07, 6.45) is 1.64. The minimum atomic E-state index is -0.395. The summed E-state index contributed by atoms with van der Waals surface area (Å²) in [6.45, 7) is 4.03. The van der Waals surface area contributed by atoms with Gasteiger partial charge in [0, 0.05) is 18.2 Å². The van der Waals surface area contributed by atoms with Crippen LogP contribution >= 0.6 is 0 Å². The Bertz CT molecular complexity index is 534. The lowest BCUT2D eigenvalue weighted by molar-refractivity contribution is -0.384. The normalized spacial score (nSPS) is 14.0. The molecule has 2 atom stereocenters. The van der Waals surface area contributed by atoms with Crippen molar-refractivity contribution in [3.63, 3.8) is 0 Å². The highest BCUT2D eigenvalue weighted by molar-refractivity contribution is 5.34. The van der Waals surface area contributed by atoms with Gasteiger partial charge >= 0.3 is 0 Å². The molecule has 5 nitrogen and oxygen atoms in total. The SMILES string of the molecule is CC(N[C@@H](C)c1ccco1)c1ccc([N+](=O)[O-])cc1. The van der Waals surface area contributed by atoms with Crippen LogP contribution in [0.25, 0.3) is 0 Å². The van der Waals surface area contributed by atoms with E-state index in [0.29, 0.717) is 0 Å². The molecule has 100 valence electrons. The van der Waals surface area contributed by atoms with Crippen LogP contribution in [0, 0.1) is 10.1 Å². The number of nitro benzene ring substituents is 1. The topological polar surface area (TPSA) is 68.3 Å². The maximum atomic E-state index is 10.6. The number of nitrogens with zero attached hydrogens (tertiary/aromatic N) is 1. The van der Waals surface area contributed by atoms with E-state index in [0.717, 1.165) is 11.3 Å². The molecule has 0 saturated carbocycles. The average molecular weight is 260 g/mol. The highest BCUT2D eigenvalue weighted by atomic mass is 16.6. The number of hydrogen-bond acceptors (Lipinski definition) is 4. The molecule has 2 rings (SSSR count). The van der Waals surface area contributed by atoms with Crippen LogP contribution in [0.4, 0.5) is 5.69 Å². The molecule has 19 heavy (non-hydrogen) atoms. The van der Waals surface area contributed by atoms with Crippen LogP contribution < -0.4 is 5.32 Å². The number of rotatable bonds is 5. The van der Waals surface area contributed by atoms with E-state index in [-0.39, 0.29) is 17.8 Å². The lowest BCUT2D eigenvalue weighted by Gasteiger charge is -2.18. The summed E-state index contributed by atoms with van der Waals surface area (Å²) in [6, 6.07) is 10.5. The first-order valence-corrected chi connectivity index (χ1v) is 6.11. The molecule has 0 bridgehead atoms. The Kier molecular flexibility index (Phi) is 3.97. The van der Waals surface area contributed by atoms with Crippen molar-refractivity contribution in [3.8, 4) is 0 Å². The summed E-state index contributed by atoms with van der Waals surface area (Å²) in [7, 11) is 0. The number of nitrogens with one attached hydrogen (secondary N) is 1. The minimum Gasteiger partial charge on any atom is -0.468 e. The summed E-state index contributed by atoms with van der Waals surface area (Å²) in [4.78, 5) is 10.2. The van der Waals surface area contributed by atoms with Crippen molar-refractivity contribution in [1.82, 2.24) is 5.32 Å². The zero-order valence-electron chi connectivity index (χ0n) is 10.9. The Labute approximate surface area is 111 Å². The van der Waals surface area contributed by atoms with E-state index in [4.69, 9.17) is 4.42 Å². The van der Waals surface area contributed by atoms with Gasteiger partial charge in [-0.1, -0.05) is 12.1 Å². The van der Waals surface area contributed by atoms with Crippen LogP contribution in [-0.4, -0.2) is 4.92 Å². The van der Waals surface area contributed by atoms with Crippen molar-refractivity contribution in [2.45, 2.75) is 25.9 Å². The molecule has 1 unspecified atom stereocenters. The zero-order chi connectivity index (χ0) is 13.8. The first-order valence-electron chi connectivity index (χ1n) is 6.11. The summed E-state index contributed by atoms with van der Waals surface area (Å²) in [5.41, 5.74) is 1.11. The van der Waals surface area contributed by atoms with Gasteiger partial charge in [-0.2, -0.15) is 0 Å². The number of nitro groups is 1. The Morgan fingerprint density at radius 3 is 2.37 bits per heavy atom. The van der Waals surface area contributed by atoms with E-state index in [1.165, 1.54) is 12.1 Å². The van der Waals surface area contributed by atoms with Crippen molar-refractivity contribution in [2.75, 3.05) is 0 Å². The predicted octanol–water partition coefficient (Wildman–Crippen LogP) is 3.60. The molecule has 1 aromatic heterocycles. The smallest absolute Gasteiger partial charge is 0.269 e. The fourth-order valence-electron chi connectivity index (χ4n) is 1.98. The van der Waals surface area contributed by atoms with Crippen LogP contribution in [0.1, 0.15) is 37.3 Å². The molecule has 1 aromatic carbocycles. The molecule has 0 amide bonds. The van der Waals surface area contributed by atoms with Crippen molar-refractivity contribution in [1.29, 1.82) is 0 Å². The quantitative estimate of drug-likeness (QED) is 0.658. The summed E-state index contributed by atoms with van der Waals surface area (Å²) >= 11 is 0. The summed E-state index contributed by atoms with van der Waals surface area (Å²) in [5, 5.41) is 14.0. The van der Waals surface area contributed by atoms with Gasteiger partial charge in [-0.25, -0.2) is 0 Å². The van der Waals surface area contributed by atoms with Crippen LogP contribution in [0.3, 0.4) is 0 Å². The molecule has 0 saturated heterocycles. The Balaban J connectivity index is 2.03. The number of non-ortho nitro benzene ring substituents is 1. The van der Waals surface area contributed by atoms with Gasteiger partial charge in [-0.15, -0.1) is 0 Å². The monoisotopic (exact) mass is 260 g/mol. The molecule has 1 N–H and O–H groups in total. The first-order chi connectivity index (χ1) is 9.08. The van der Waals surface area contributed by atoms with E-state index >= 15 is 0 Å². The molecule has 0 aliphatic heterocycles. The summed E-state index contributed by atoms with van der Waals surface area (Å²) in [5.74, 6) is 0.869. The molecule has 1 heterocycles. The fourth-order valence-corrected chi connectivity index (χ4v) is 1.98. The Morgan fingerprint density at radius 1 is 1.16 bits per heavy atom. The molecule has 0 aliphatic rings. The molecule has 5 heteroatoms. The van der Waals surface area contributed by atoms with Gasteiger partial charge in [0.15, 0.2) is 0 Å². The van der Waals surface area contributed by atoms with Crippen LogP contribution in [0.5, 0.6) is 0 Å². The highest BCUT2D eigenvalue weighted by Gasteiger charge is 2.14. The highest BCUT2D eigenvalue weighted by Crippen LogP contribution is 2.21. The van der Waals surface area contributed by atoms with Gasteiger partial charge in [0.25, 0.3) is 5.69 Å². The van der Waals surface area contributed by atoms with Gasteiger partial charge < -0.3 is 9.73 Å². The second kappa shape index (κ2) is 5.67.